The summed E-state index contributed by atoms with van der Waals surface area (Å²) in [5, 5.41) is 9.19. The maximum Gasteiger partial charge on any atom is 0.229 e. The molecule has 142 valence electrons. The molecule has 2 saturated heterocycles. The van der Waals surface area contributed by atoms with Crippen molar-refractivity contribution in [3.05, 3.63) is 42.0 Å². The van der Waals surface area contributed by atoms with Crippen molar-refractivity contribution in [2.45, 2.75) is 12.7 Å². The van der Waals surface area contributed by atoms with Gasteiger partial charge in [-0.15, -0.1) is 0 Å². The first-order valence-corrected chi connectivity index (χ1v) is 8.88. The minimum atomic E-state index is -0.463. The van der Waals surface area contributed by atoms with Gasteiger partial charge in [0.15, 0.2) is 0 Å². The lowest BCUT2D eigenvalue weighted by atomic mass is 9.96. The standard InChI is InChI=1S/C19H21FN4O3/c1-27-15-9-23(10-15)18(26)14-7-24(8-14)19-21-5-13(6-22-19)16-4-2-3-12(11-25)17(16)20/h2-6,14-15,25H,7-11H2,1H3. The molecular weight excluding hydrogens is 351 g/mol. The number of aliphatic hydroxyl groups is 1. The number of aliphatic hydroxyl groups excluding tert-OH is 1. The maximum absolute atomic E-state index is 14.3. The molecule has 0 atom stereocenters. The molecule has 4 rings (SSSR count). The molecule has 0 aliphatic carbocycles. The summed E-state index contributed by atoms with van der Waals surface area (Å²) in [4.78, 5) is 24.7. The Kier molecular flexibility index (Phi) is 4.75. The fourth-order valence-electron chi connectivity index (χ4n) is 3.37. The highest BCUT2D eigenvalue weighted by Crippen LogP contribution is 2.28. The number of carbonyl (C=O) groups excluding carboxylic acids is 1. The molecule has 1 amide bonds. The zero-order chi connectivity index (χ0) is 19.0. The summed E-state index contributed by atoms with van der Waals surface area (Å²) in [5.74, 6) is 0.179. The highest BCUT2D eigenvalue weighted by molar-refractivity contribution is 5.82. The molecule has 0 saturated carbocycles. The van der Waals surface area contributed by atoms with Crippen LogP contribution in [0.15, 0.2) is 30.6 Å². The molecule has 3 heterocycles. The summed E-state index contributed by atoms with van der Waals surface area (Å²) in [6.45, 7) is 2.14. The van der Waals surface area contributed by atoms with Crippen LogP contribution in [-0.2, 0) is 16.1 Å². The topological polar surface area (TPSA) is 78.8 Å². The van der Waals surface area contributed by atoms with Gasteiger partial charge in [0.25, 0.3) is 0 Å². The van der Waals surface area contributed by atoms with E-state index in [1.165, 1.54) is 6.07 Å². The summed E-state index contributed by atoms with van der Waals surface area (Å²) in [5.41, 5.74) is 1.14. The van der Waals surface area contributed by atoms with Gasteiger partial charge in [-0.1, -0.05) is 18.2 Å². The van der Waals surface area contributed by atoms with E-state index in [0.717, 1.165) is 0 Å². The van der Waals surface area contributed by atoms with Crippen LogP contribution in [0.2, 0.25) is 0 Å². The third-order valence-electron chi connectivity index (χ3n) is 5.20. The summed E-state index contributed by atoms with van der Waals surface area (Å²) in [6, 6.07) is 4.86. The second kappa shape index (κ2) is 7.21. The van der Waals surface area contributed by atoms with Crippen molar-refractivity contribution in [1.29, 1.82) is 0 Å². The predicted octanol–water partition coefficient (Wildman–Crippen LogP) is 1.07. The number of likely N-dealkylation sites (tertiary alicyclic amines) is 1. The number of amides is 1. The fraction of sp³-hybridized carbons (Fsp3) is 0.421. The monoisotopic (exact) mass is 372 g/mol. The van der Waals surface area contributed by atoms with Gasteiger partial charge in [-0.2, -0.15) is 0 Å². The van der Waals surface area contributed by atoms with Crippen molar-refractivity contribution in [1.82, 2.24) is 14.9 Å². The molecule has 2 aliphatic heterocycles. The van der Waals surface area contributed by atoms with E-state index in [4.69, 9.17) is 4.74 Å². The van der Waals surface area contributed by atoms with Crippen molar-refractivity contribution in [3.8, 4) is 11.1 Å². The lowest BCUT2D eigenvalue weighted by Crippen LogP contribution is -2.61. The maximum atomic E-state index is 14.3. The Bertz CT molecular complexity index is 833. The Morgan fingerprint density at radius 3 is 2.59 bits per heavy atom. The number of nitrogens with zero attached hydrogens (tertiary/aromatic N) is 4. The van der Waals surface area contributed by atoms with E-state index in [1.807, 2.05) is 9.80 Å². The third kappa shape index (κ3) is 3.26. The van der Waals surface area contributed by atoms with Gasteiger partial charge in [-0.3, -0.25) is 4.79 Å². The van der Waals surface area contributed by atoms with Crippen LogP contribution in [0.4, 0.5) is 10.3 Å². The summed E-state index contributed by atoms with van der Waals surface area (Å²) >= 11 is 0. The van der Waals surface area contributed by atoms with E-state index in [9.17, 15) is 14.3 Å². The number of hydrogen-bond acceptors (Lipinski definition) is 6. The first-order valence-electron chi connectivity index (χ1n) is 8.88. The summed E-state index contributed by atoms with van der Waals surface area (Å²) in [7, 11) is 1.66. The number of rotatable bonds is 5. The molecule has 1 aromatic heterocycles. The van der Waals surface area contributed by atoms with E-state index in [0.29, 0.717) is 43.3 Å². The fourth-order valence-corrected chi connectivity index (χ4v) is 3.37. The molecule has 27 heavy (non-hydrogen) atoms. The van der Waals surface area contributed by atoms with Crippen LogP contribution in [-0.4, -0.2) is 65.3 Å². The SMILES string of the molecule is COC1CN(C(=O)C2CN(c3ncc(-c4cccc(CO)c4F)cn3)C2)C1. The van der Waals surface area contributed by atoms with Gasteiger partial charge < -0.3 is 19.6 Å². The number of methoxy groups -OCH3 is 1. The van der Waals surface area contributed by atoms with Crippen LogP contribution >= 0.6 is 0 Å². The smallest absolute Gasteiger partial charge is 0.229 e. The molecular formula is C19H21FN4O3. The average Bonchev–Trinajstić information content (AvgIpc) is 2.60. The Labute approximate surface area is 156 Å². The van der Waals surface area contributed by atoms with E-state index in [-0.39, 0.29) is 30.1 Å². The van der Waals surface area contributed by atoms with Crippen molar-refractivity contribution in [3.63, 3.8) is 0 Å². The number of halogens is 1. The normalized spacial score (nSPS) is 17.6. The highest BCUT2D eigenvalue weighted by atomic mass is 19.1. The third-order valence-corrected chi connectivity index (χ3v) is 5.20. The van der Waals surface area contributed by atoms with E-state index >= 15 is 0 Å². The van der Waals surface area contributed by atoms with E-state index in [1.54, 1.807) is 31.6 Å². The second-order valence-corrected chi connectivity index (χ2v) is 6.91. The molecule has 0 bridgehead atoms. The first kappa shape index (κ1) is 17.8. The lowest BCUT2D eigenvalue weighted by molar-refractivity contribution is -0.148. The van der Waals surface area contributed by atoms with E-state index < -0.39 is 5.82 Å². The zero-order valence-electron chi connectivity index (χ0n) is 15.0. The van der Waals surface area contributed by atoms with Crippen LogP contribution in [0.3, 0.4) is 0 Å². The minimum Gasteiger partial charge on any atom is -0.392 e. The number of benzene rings is 1. The number of carbonyl (C=O) groups is 1. The molecule has 8 heteroatoms. The Hall–Kier alpha value is -2.58. The number of anilines is 1. The van der Waals surface area contributed by atoms with Gasteiger partial charge in [0.1, 0.15) is 5.82 Å². The van der Waals surface area contributed by atoms with Crippen molar-refractivity contribution in [2.24, 2.45) is 5.92 Å². The molecule has 2 fully saturated rings. The van der Waals surface area contributed by atoms with Gasteiger partial charge in [0, 0.05) is 62.4 Å². The molecule has 0 unspecified atom stereocenters. The number of ether oxygens (including phenoxy) is 1. The van der Waals surface area contributed by atoms with Crippen LogP contribution in [0.25, 0.3) is 11.1 Å². The highest BCUT2D eigenvalue weighted by Gasteiger charge is 2.40. The van der Waals surface area contributed by atoms with Crippen LogP contribution in [0, 0.1) is 11.7 Å². The minimum absolute atomic E-state index is 0.0373. The Morgan fingerprint density at radius 1 is 1.26 bits per heavy atom. The molecule has 2 aliphatic rings. The average molecular weight is 372 g/mol. The first-order chi connectivity index (χ1) is 13.1. The van der Waals surface area contributed by atoms with Crippen molar-refractivity contribution < 1.29 is 19.0 Å². The largest absolute Gasteiger partial charge is 0.392 e. The molecule has 0 spiro atoms. The molecule has 2 aromatic rings. The molecule has 0 radical (unpaired) electrons. The van der Waals surface area contributed by atoms with Crippen LogP contribution in [0.5, 0.6) is 0 Å². The Balaban J connectivity index is 1.38. The van der Waals surface area contributed by atoms with E-state index in [2.05, 4.69) is 9.97 Å². The molecule has 1 N–H and O–H groups in total. The van der Waals surface area contributed by atoms with Crippen molar-refractivity contribution in [2.75, 3.05) is 38.2 Å². The van der Waals surface area contributed by atoms with Gasteiger partial charge in [-0.05, 0) is 0 Å². The van der Waals surface area contributed by atoms with Gasteiger partial charge in [0.2, 0.25) is 11.9 Å². The number of hydrogen-bond donors (Lipinski definition) is 1. The molecule has 7 nitrogen and oxygen atoms in total. The zero-order valence-corrected chi connectivity index (χ0v) is 15.0. The summed E-state index contributed by atoms with van der Waals surface area (Å²) < 4.78 is 19.5. The quantitative estimate of drug-likeness (QED) is 0.846. The van der Waals surface area contributed by atoms with Gasteiger partial charge in [0.05, 0.1) is 18.6 Å². The van der Waals surface area contributed by atoms with Gasteiger partial charge in [-0.25, -0.2) is 14.4 Å². The summed E-state index contributed by atoms with van der Waals surface area (Å²) in [6.07, 6.45) is 3.29. The lowest BCUT2D eigenvalue weighted by Gasteiger charge is -2.45. The molecule has 1 aromatic carbocycles. The predicted molar refractivity (Wildman–Crippen MR) is 96.4 cm³/mol. The van der Waals surface area contributed by atoms with Gasteiger partial charge >= 0.3 is 0 Å². The Morgan fingerprint density at radius 2 is 1.96 bits per heavy atom. The number of aromatic nitrogens is 2. The van der Waals surface area contributed by atoms with Crippen LogP contribution in [0.1, 0.15) is 5.56 Å². The van der Waals surface area contributed by atoms with Crippen LogP contribution < -0.4 is 4.90 Å². The van der Waals surface area contributed by atoms with Crippen molar-refractivity contribution >= 4 is 11.9 Å². The second-order valence-electron chi connectivity index (χ2n) is 6.91.